The van der Waals surface area contributed by atoms with Crippen LogP contribution in [0.15, 0.2) is 18.2 Å². The molecule has 2 amide bonds. The number of carboxylic acid groups (broad SMARTS) is 2. The average Bonchev–Trinajstić information content (AvgIpc) is 2.32. The monoisotopic (exact) mass is 266 g/mol. The molecule has 6 nitrogen and oxygen atoms in total. The zero-order valence-electron chi connectivity index (χ0n) is 11.3. The zero-order chi connectivity index (χ0) is 14.6. The van der Waals surface area contributed by atoms with Crippen molar-refractivity contribution in [3.8, 4) is 0 Å². The van der Waals surface area contributed by atoms with Crippen molar-refractivity contribution in [3.63, 3.8) is 0 Å². The van der Waals surface area contributed by atoms with Crippen LogP contribution in [0.1, 0.15) is 19.4 Å². The molecule has 0 heterocycles. The Morgan fingerprint density at radius 1 is 1.00 bits per heavy atom. The minimum absolute atomic E-state index is 0.253. The predicted octanol–water partition coefficient (Wildman–Crippen LogP) is 3.00. The maximum atomic E-state index is 11.2. The van der Waals surface area contributed by atoms with Crippen LogP contribution in [0.25, 0.3) is 0 Å². The van der Waals surface area contributed by atoms with Crippen molar-refractivity contribution in [2.45, 2.75) is 20.8 Å². The Morgan fingerprint density at radius 2 is 1.47 bits per heavy atom. The molecule has 1 aromatic carbocycles. The van der Waals surface area contributed by atoms with E-state index in [1.54, 1.807) is 32.0 Å². The lowest BCUT2D eigenvalue weighted by Crippen LogP contribution is -2.34. The molecule has 104 valence electrons. The van der Waals surface area contributed by atoms with Gasteiger partial charge in [-0.15, -0.1) is 0 Å². The molecule has 0 radical (unpaired) electrons. The van der Waals surface area contributed by atoms with Crippen molar-refractivity contribution >= 4 is 23.6 Å². The van der Waals surface area contributed by atoms with Crippen molar-refractivity contribution in [2.24, 2.45) is 0 Å². The molecule has 0 aliphatic rings. The second kappa shape index (κ2) is 6.08. The number of amides is 2. The van der Waals surface area contributed by atoms with Gasteiger partial charge in [-0.05, 0) is 38.5 Å². The molecule has 2 N–H and O–H groups in total. The van der Waals surface area contributed by atoms with Crippen LogP contribution in [0.3, 0.4) is 0 Å². The first kappa shape index (κ1) is 14.8. The highest BCUT2D eigenvalue weighted by molar-refractivity contribution is 5.97. The minimum atomic E-state index is -1.10. The van der Waals surface area contributed by atoms with Crippen molar-refractivity contribution in [3.05, 3.63) is 23.8 Å². The lowest BCUT2D eigenvalue weighted by Gasteiger charge is -2.26. The van der Waals surface area contributed by atoms with E-state index in [0.29, 0.717) is 11.4 Å². The molecule has 0 aliphatic heterocycles. The number of anilines is 2. The fourth-order valence-corrected chi connectivity index (χ4v) is 1.90. The summed E-state index contributed by atoms with van der Waals surface area (Å²) in [6.07, 6.45) is -2.20. The lowest BCUT2D eigenvalue weighted by molar-refractivity contribution is 0.200. The summed E-state index contributed by atoms with van der Waals surface area (Å²) in [5.41, 5.74) is 1.64. The fraction of sp³-hybridized carbons (Fsp3) is 0.385. The summed E-state index contributed by atoms with van der Waals surface area (Å²) in [7, 11) is 0. The molecule has 19 heavy (non-hydrogen) atoms. The van der Waals surface area contributed by atoms with Crippen LogP contribution in [0.5, 0.6) is 0 Å². The van der Waals surface area contributed by atoms with E-state index in [1.807, 2.05) is 6.92 Å². The molecule has 0 atom stereocenters. The van der Waals surface area contributed by atoms with Crippen molar-refractivity contribution < 1.29 is 19.8 Å². The predicted molar refractivity (Wildman–Crippen MR) is 73.3 cm³/mol. The summed E-state index contributed by atoms with van der Waals surface area (Å²) in [5, 5.41) is 18.4. The summed E-state index contributed by atoms with van der Waals surface area (Å²) in [4.78, 5) is 24.7. The Balaban J connectivity index is 3.39. The summed E-state index contributed by atoms with van der Waals surface area (Å²) in [6, 6.07) is 5.08. The molecule has 0 fully saturated rings. The van der Waals surface area contributed by atoms with Gasteiger partial charge in [-0.1, -0.05) is 6.07 Å². The Bertz CT molecular complexity index is 488. The van der Waals surface area contributed by atoms with Gasteiger partial charge in [-0.3, -0.25) is 9.80 Å². The average molecular weight is 266 g/mol. The van der Waals surface area contributed by atoms with Crippen molar-refractivity contribution in [1.29, 1.82) is 0 Å². The fourth-order valence-electron chi connectivity index (χ4n) is 1.90. The van der Waals surface area contributed by atoms with E-state index < -0.39 is 12.2 Å². The van der Waals surface area contributed by atoms with Crippen LogP contribution in [0.2, 0.25) is 0 Å². The first-order valence-corrected chi connectivity index (χ1v) is 6.03. The molecule has 1 rings (SSSR count). The number of aryl methyl sites for hydroxylation is 1. The number of nitrogens with zero attached hydrogens (tertiary/aromatic N) is 2. The maximum absolute atomic E-state index is 11.2. The summed E-state index contributed by atoms with van der Waals surface area (Å²) in [6.45, 7) is 5.75. The molecule has 1 aromatic rings. The Labute approximate surface area is 111 Å². The van der Waals surface area contributed by atoms with Crippen LogP contribution >= 0.6 is 0 Å². The van der Waals surface area contributed by atoms with Gasteiger partial charge in [0.05, 0.1) is 11.4 Å². The molecule has 0 saturated heterocycles. The summed E-state index contributed by atoms with van der Waals surface area (Å²) in [5.74, 6) is 0. The van der Waals surface area contributed by atoms with Gasteiger partial charge in [-0.25, -0.2) is 9.59 Å². The van der Waals surface area contributed by atoms with Gasteiger partial charge in [-0.2, -0.15) is 0 Å². The Hall–Kier alpha value is -2.24. The lowest BCUT2D eigenvalue weighted by atomic mass is 10.1. The topological polar surface area (TPSA) is 81.1 Å². The second-order valence-corrected chi connectivity index (χ2v) is 4.05. The third-order valence-electron chi connectivity index (χ3n) is 2.81. The van der Waals surface area contributed by atoms with Crippen LogP contribution in [-0.2, 0) is 0 Å². The summed E-state index contributed by atoms with van der Waals surface area (Å²) >= 11 is 0. The number of carbonyl (C=O) groups is 2. The molecule has 0 spiro atoms. The summed E-state index contributed by atoms with van der Waals surface area (Å²) < 4.78 is 0. The largest absolute Gasteiger partial charge is 0.465 e. The van der Waals surface area contributed by atoms with E-state index in [1.165, 1.54) is 0 Å². The number of hydrogen-bond donors (Lipinski definition) is 2. The molecule has 0 bridgehead atoms. The molecule has 6 heteroatoms. The van der Waals surface area contributed by atoms with Gasteiger partial charge < -0.3 is 10.2 Å². The number of rotatable bonds is 4. The third-order valence-corrected chi connectivity index (χ3v) is 2.81. The van der Waals surface area contributed by atoms with Gasteiger partial charge >= 0.3 is 12.2 Å². The van der Waals surface area contributed by atoms with Crippen molar-refractivity contribution in [1.82, 2.24) is 0 Å². The van der Waals surface area contributed by atoms with E-state index in [-0.39, 0.29) is 13.1 Å². The highest BCUT2D eigenvalue weighted by Crippen LogP contribution is 2.30. The van der Waals surface area contributed by atoms with E-state index in [2.05, 4.69) is 0 Å². The van der Waals surface area contributed by atoms with Crippen LogP contribution in [0.4, 0.5) is 21.0 Å². The van der Waals surface area contributed by atoms with Crippen LogP contribution in [0, 0.1) is 6.92 Å². The van der Waals surface area contributed by atoms with E-state index in [0.717, 1.165) is 15.4 Å². The molecular formula is C13H18N2O4. The highest BCUT2D eigenvalue weighted by Gasteiger charge is 2.22. The maximum Gasteiger partial charge on any atom is 0.411 e. The zero-order valence-corrected chi connectivity index (χ0v) is 11.3. The van der Waals surface area contributed by atoms with Crippen LogP contribution in [-0.4, -0.2) is 35.5 Å². The molecule has 0 unspecified atom stereocenters. The Kier molecular flexibility index (Phi) is 4.74. The quantitative estimate of drug-likeness (QED) is 0.877. The number of benzene rings is 1. The van der Waals surface area contributed by atoms with Crippen LogP contribution < -0.4 is 9.80 Å². The minimum Gasteiger partial charge on any atom is -0.465 e. The second-order valence-electron chi connectivity index (χ2n) is 4.05. The first-order chi connectivity index (χ1) is 8.92. The molecule has 0 aliphatic carbocycles. The molecule has 0 aromatic heterocycles. The Morgan fingerprint density at radius 3 is 1.89 bits per heavy atom. The molecule has 0 saturated carbocycles. The van der Waals surface area contributed by atoms with Gasteiger partial charge in [0.2, 0.25) is 0 Å². The first-order valence-electron chi connectivity index (χ1n) is 6.03. The third kappa shape index (κ3) is 3.15. The van der Waals surface area contributed by atoms with Gasteiger partial charge in [0.1, 0.15) is 0 Å². The standard InChI is InChI=1S/C13H18N2O4/c1-4-14(12(16)17)10-7-6-9(3)8-11(10)15(5-2)13(18)19/h6-8H,4-5H2,1-3H3,(H,16,17)(H,18,19). The normalized spacial score (nSPS) is 10.1. The van der Waals surface area contributed by atoms with E-state index in [4.69, 9.17) is 0 Å². The smallest absolute Gasteiger partial charge is 0.411 e. The van der Waals surface area contributed by atoms with Gasteiger partial charge in [0.25, 0.3) is 0 Å². The SMILES string of the molecule is CCN(C(=O)O)c1ccc(C)cc1N(CC)C(=O)O. The molecular weight excluding hydrogens is 248 g/mol. The van der Waals surface area contributed by atoms with Gasteiger partial charge in [0.15, 0.2) is 0 Å². The highest BCUT2D eigenvalue weighted by atomic mass is 16.4. The van der Waals surface area contributed by atoms with Crippen molar-refractivity contribution in [2.75, 3.05) is 22.9 Å². The van der Waals surface area contributed by atoms with E-state index in [9.17, 15) is 19.8 Å². The van der Waals surface area contributed by atoms with Gasteiger partial charge in [0, 0.05) is 13.1 Å². The number of hydrogen-bond acceptors (Lipinski definition) is 2. The van der Waals surface area contributed by atoms with E-state index >= 15 is 0 Å².